The highest BCUT2D eigenvalue weighted by atomic mass is 16.1. The molecule has 1 heteroatoms. The first-order valence-electron chi connectivity index (χ1n) is 7.51. The predicted octanol–water partition coefficient (Wildman–Crippen LogP) is 5.21. The molecule has 1 nitrogen and oxygen atoms in total. The summed E-state index contributed by atoms with van der Waals surface area (Å²) in [6.45, 7) is 8.82. The molecule has 0 aromatic heterocycles. The van der Waals surface area contributed by atoms with Gasteiger partial charge in [-0.05, 0) is 35.7 Å². The second kappa shape index (κ2) is 5.48. The molecule has 0 N–H and O–H groups in total. The Labute approximate surface area is 117 Å². The van der Waals surface area contributed by atoms with Gasteiger partial charge in [0.25, 0.3) is 0 Å². The Kier molecular flexibility index (Phi) is 4.13. The summed E-state index contributed by atoms with van der Waals surface area (Å²) in [6, 6.07) is 8.24. The van der Waals surface area contributed by atoms with Crippen LogP contribution in [0.2, 0.25) is 0 Å². The monoisotopic (exact) mass is 258 g/mol. The Bertz CT molecular complexity index is 449. The Morgan fingerprint density at radius 3 is 2.42 bits per heavy atom. The summed E-state index contributed by atoms with van der Waals surface area (Å²) in [5.41, 5.74) is 2.46. The van der Waals surface area contributed by atoms with Crippen LogP contribution in [0.4, 0.5) is 0 Å². The van der Waals surface area contributed by atoms with Crippen molar-refractivity contribution >= 4 is 5.78 Å². The highest BCUT2D eigenvalue weighted by Crippen LogP contribution is 2.39. The molecule has 0 bridgehead atoms. The van der Waals surface area contributed by atoms with Crippen LogP contribution in [0.15, 0.2) is 24.3 Å². The molecule has 1 atom stereocenters. The summed E-state index contributed by atoms with van der Waals surface area (Å²) >= 11 is 0. The molecule has 1 aromatic carbocycles. The van der Waals surface area contributed by atoms with Crippen molar-refractivity contribution in [3.05, 3.63) is 35.4 Å². The van der Waals surface area contributed by atoms with Crippen molar-refractivity contribution in [1.82, 2.24) is 0 Å². The molecule has 1 fully saturated rings. The zero-order chi connectivity index (χ0) is 14.0. The van der Waals surface area contributed by atoms with Crippen LogP contribution in [0.5, 0.6) is 0 Å². The van der Waals surface area contributed by atoms with Gasteiger partial charge in [0.05, 0.1) is 0 Å². The second-order valence-electron chi connectivity index (χ2n) is 7.11. The van der Waals surface area contributed by atoms with E-state index in [1.165, 1.54) is 24.8 Å². The zero-order valence-corrected chi connectivity index (χ0v) is 12.7. The van der Waals surface area contributed by atoms with Crippen molar-refractivity contribution in [2.45, 2.75) is 59.3 Å². The molecule has 0 heterocycles. The van der Waals surface area contributed by atoms with Crippen LogP contribution in [0.1, 0.15) is 75.2 Å². The van der Waals surface area contributed by atoms with Crippen molar-refractivity contribution in [3.8, 4) is 0 Å². The molecular formula is C18H26O. The summed E-state index contributed by atoms with van der Waals surface area (Å²) < 4.78 is 0. The quantitative estimate of drug-likeness (QED) is 0.678. The minimum Gasteiger partial charge on any atom is -0.294 e. The Balaban J connectivity index is 2.15. The molecule has 0 amide bonds. The van der Waals surface area contributed by atoms with E-state index in [0.717, 1.165) is 5.56 Å². The standard InChI is InChI=1S/C18H26O/c1-13(18(2,3)4)12-17(19)16-11-6-5-10-15(16)14-8-7-9-14/h5-6,10-11,13-14H,7-9,12H2,1-4H3. The fourth-order valence-corrected chi connectivity index (χ4v) is 2.52. The molecule has 104 valence electrons. The Hall–Kier alpha value is -1.11. The summed E-state index contributed by atoms with van der Waals surface area (Å²) in [6.07, 6.45) is 4.47. The maximum absolute atomic E-state index is 12.6. The summed E-state index contributed by atoms with van der Waals surface area (Å²) in [5, 5.41) is 0. The van der Waals surface area contributed by atoms with Gasteiger partial charge in [0.2, 0.25) is 0 Å². The number of benzene rings is 1. The minimum atomic E-state index is 0.196. The van der Waals surface area contributed by atoms with E-state index in [-0.39, 0.29) is 5.41 Å². The molecule has 0 saturated heterocycles. The van der Waals surface area contributed by atoms with Crippen LogP contribution in [-0.2, 0) is 0 Å². The molecule has 1 aliphatic rings. The average molecular weight is 258 g/mol. The lowest BCUT2D eigenvalue weighted by molar-refractivity contribution is 0.0925. The zero-order valence-electron chi connectivity index (χ0n) is 12.7. The number of rotatable bonds is 4. The van der Waals surface area contributed by atoms with Crippen molar-refractivity contribution in [3.63, 3.8) is 0 Å². The molecule has 1 unspecified atom stereocenters. The van der Waals surface area contributed by atoms with Gasteiger partial charge in [0.15, 0.2) is 5.78 Å². The van der Waals surface area contributed by atoms with Gasteiger partial charge in [-0.1, -0.05) is 58.4 Å². The van der Waals surface area contributed by atoms with Crippen LogP contribution >= 0.6 is 0 Å². The van der Waals surface area contributed by atoms with E-state index in [1.54, 1.807) is 0 Å². The number of ketones is 1. The van der Waals surface area contributed by atoms with E-state index in [1.807, 2.05) is 12.1 Å². The molecule has 0 spiro atoms. The largest absolute Gasteiger partial charge is 0.294 e. The first-order chi connectivity index (χ1) is 8.89. The molecule has 1 saturated carbocycles. The van der Waals surface area contributed by atoms with Gasteiger partial charge < -0.3 is 0 Å². The highest BCUT2D eigenvalue weighted by Gasteiger charge is 2.27. The molecule has 2 rings (SSSR count). The topological polar surface area (TPSA) is 17.1 Å². The maximum Gasteiger partial charge on any atom is 0.163 e. The molecule has 19 heavy (non-hydrogen) atoms. The number of Topliss-reactive ketones (excluding diaryl/α,β-unsaturated/α-hetero) is 1. The van der Waals surface area contributed by atoms with Crippen molar-refractivity contribution in [2.75, 3.05) is 0 Å². The third-order valence-electron chi connectivity index (χ3n) is 4.78. The van der Waals surface area contributed by atoms with Gasteiger partial charge >= 0.3 is 0 Å². The van der Waals surface area contributed by atoms with Gasteiger partial charge in [0.1, 0.15) is 0 Å². The van der Waals surface area contributed by atoms with E-state index < -0.39 is 0 Å². The lowest BCUT2D eigenvalue weighted by atomic mass is 9.75. The number of hydrogen-bond acceptors (Lipinski definition) is 1. The summed E-state index contributed by atoms with van der Waals surface area (Å²) in [5.74, 6) is 1.37. The van der Waals surface area contributed by atoms with E-state index in [4.69, 9.17) is 0 Å². The molecule has 1 aliphatic carbocycles. The lowest BCUT2D eigenvalue weighted by Gasteiger charge is -2.29. The highest BCUT2D eigenvalue weighted by molar-refractivity contribution is 5.97. The van der Waals surface area contributed by atoms with Crippen LogP contribution in [0, 0.1) is 11.3 Å². The predicted molar refractivity (Wildman–Crippen MR) is 80.6 cm³/mol. The smallest absolute Gasteiger partial charge is 0.163 e. The number of carbonyl (C=O) groups is 1. The molecule has 0 aliphatic heterocycles. The number of carbonyl (C=O) groups excluding carboxylic acids is 1. The third kappa shape index (κ3) is 3.26. The van der Waals surface area contributed by atoms with Gasteiger partial charge in [-0.3, -0.25) is 4.79 Å². The molecule has 0 radical (unpaired) electrons. The van der Waals surface area contributed by atoms with Crippen LogP contribution in [-0.4, -0.2) is 5.78 Å². The van der Waals surface area contributed by atoms with Crippen LogP contribution in [0.3, 0.4) is 0 Å². The SMILES string of the molecule is CC(CC(=O)c1ccccc1C1CCC1)C(C)(C)C. The van der Waals surface area contributed by atoms with Gasteiger partial charge in [-0.25, -0.2) is 0 Å². The third-order valence-corrected chi connectivity index (χ3v) is 4.78. The van der Waals surface area contributed by atoms with Gasteiger partial charge in [-0.15, -0.1) is 0 Å². The van der Waals surface area contributed by atoms with Gasteiger partial charge in [0, 0.05) is 12.0 Å². The lowest BCUT2D eigenvalue weighted by Crippen LogP contribution is -2.22. The summed E-state index contributed by atoms with van der Waals surface area (Å²) in [4.78, 5) is 12.6. The van der Waals surface area contributed by atoms with Crippen molar-refractivity contribution < 1.29 is 4.79 Å². The summed E-state index contributed by atoms with van der Waals surface area (Å²) in [7, 11) is 0. The molecular weight excluding hydrogens is 232 g/mol. The fourth-order valence-electron chi connectivity index (χ4n) is 2.52. The van der Waals surface area contributed by atoms with E-state index in [9.17, 15) is 4.79 Å². The first-order valence-corrected chi connectivity index (χ1v) is 7.51. The molecule has 1 aromatic rings. The van der Waals surface area contributed by atoms with E-state index >= 15 is 0 Å². The van der Waals surface area contributed by atoms with Crippen molar-refractivity contribution in [2.24, 2.45) is 11.3 Å². The Morgan fingerprint density at radius 1 is 1.26 bits per heavy atom. The van der Waals surface area contributed by atoms with Crippen LogP contribution in [0.25, 0.3) is 0 Å². The van der Waals surface area contributed by atoms with Gasteiger partial charge in [-0.2, -0.15) is 0 Å². The second-order valence-corrected chi connectivity index (χ2v) is 7.11. The fraction of sp³-hybridized carbons (Fsp3) is 0.611. The first kappa shape index (κ1) is 14.3. The normalized spacial score (nSPS) is 17.9. The minimum absolute atomic E-state index is 0.196. The average Bonchev–Trinajstić information content (AvgIpc) is 2.26. The van der Waals surface area contributed by atoms with E-state index in [0.29, 0.717) is 24.0 Å². The van der Waals surface area contributed by atoms with Crippen LogP contribution < -0.4 is 0 Å². The number of hydrogen-bond donors (Lipinski definition) is 0. The van der Waals surface area contributed by atoms with E-state index in [2.05, 4.69) is 39.8 Å². The van der Waals surface area contributed by atoms with Crippen molar-refractivity contribution in [1.29, 1.82) is 0 Å². The Morgan fingerprint density at radius 2 is 1.89 bits per heavy atom. The maximum atomic E-state index is 12.6.